The standard InChI is InChI=1S/C31H32Cl3N3O4/c1-31(2,3)41-30(40)35-18-20-7-4-5-8-22(20)19-13-15-37(16-14-19)29(39)28(38)36-26-12-11-21(32)17-24(26)23-9-6-10-25(33)27(23)34/h4-12,17,19H,13-16,18H2,1-3H3,(H,35,40)(H,36,38). The van der Waals surface area contributed by atoms with E-state index in [0.29, 0.717) is 64.4 Å². The van der Waals surface area contributed by atoms with Crippen molar-refractivity contribution in [1.29, 1.82) is 0 Å². The Morgan fingerprint density at radius 2 is 1.63 bits per heavy atom. The van der Waals surface area contributed by atoms with Gasteiger partial charge < -0.3 is 20.3 Å². The molecule has 3 amide bonds. The summed E-state index contributed by atoms with van der Waals surface area (Å²) in [5, 5.41) is 6.69. The van der Waals surface area contributed by atoms with Gasteiger partial charge in [-0.1, -0.05) is 71.2 Å². The number of hydrogen-bond donors (Lipinski definition) is 2. The number of anilines is 1. The molecule has 0 atom stereocenters. The van der Waals surface area contributed by atoms with Crippen molar-refractivity contribution in [2.75, 3.05) is 18.4 Å². The van der Waals surface area contributed by atoms with Gasteiger partial charge in [-0.05, 0) is 74.9 Å². The molecule has 0 aliphatic carbocycles. The van der Waals surface area contributed by atoms with Crippen molar-refractivity contribution in [2.45, 2.75) is 51.7 Å². The van der Waals surface area contributed by atoms with E-state index in [4.69, 9.17) is 39.5 Å². The van der Waals surface area contributed by atoms with Crippen LogP contribution in [0.25, 0.3) is 11.1 Å². The number of halogens is 3. The summed E-state index contributed by atoms with van der Waals surface area (Å²) in [7, 11) is 0. The van der Waals surface area contributed by atoms with Crippen molar-refractivity contribution >= 4 is 58.4 Å². The Hall–Kier alpha value is -3.26. The van der Waals surface area contributed by atoms with Crippen LogP contribution in [0, 0.1) is 0 Å². The molecule has 216 valence electrons. The second-order valence-corrected chi connectivity index (χ2v) is 12.1. The number of likely N-dealkylation sites (tertiary alicyclic amines) is 1. The number of carbonyl (C=O) groups excluding carboxylic acids is 3. The molecule has 0 aromatic heterocycles. The number of nitrogens with zero attached hydrogens (tertiary/aromatic N) is 1. The average molecular weight is 617 g/mol. The summed E-state index contributed by atoms with van der Waals surface area (Å²) in [5.74, 6) is -1.17. The van der Waals surface area contributed by atoms with Gasteiger partial charge in [-0.15, -0.1) is 0 Å². The number of hydrogen-bond acceptors (Lipinski definition) is 4. The molecule has 3 aromatic carbocycles. The molecule has 2 N–H and O–H groups in total. The van der Waals surface area contributed by atoms with Gasteiger partial charge in [-0.3, -0.25) is 9.59 Å². The van der Waals surface area contributed by atoms with Crippen molar-refractivity contribution in [3.05, 3.63) is 86.9 Å². The van der Waals surface area contributed by atoms with Crippen molar-refractivity contribution in [3.63, 3.8) is 0 Å². The molecule has 1 aliphatic rings. The van der Waals surface area contributed by atoms with Crippen LogP contribution in [-0.2, 0) is 20.9 Å². The lowest BCUT2D eigenvalue weighted by atomic mass is 9.86. The van der Waals surface area contributed by atoms with Crippen LogP contribution in [0.2, 0.25) is 15.1 Å². The van der Waals surface area contributed by atoms with Crippen LogP contribution >= 0.6 is 34.8 Å². The molecule has 1 heterocycles. The SMILES string of the molecule is CC(C)(C)OC(=O)NCc1ccccc1C1CCN(C(=O)C(=O)Nc2ccc(Cl)cc2-c2cccc(Cl)c2Cl)CC1. The molecule has 1 aliphatic heterocycles. The van der Waals surface area contributed by atoms with Gasteiger partial charge in [-0.2, -0.15) is 0 Å². The summed E-state index contributed by atoms with van der Waals surface area (Å²) in [5.41, 5.74) is 3.08. The number of alkyl carbamates (subject to hydrolysis) is 1. The van der Waals surface area contributed by atoms with E-state index in [1.54, 1.807) is 41.3 Å². The van der Waals surface area contributed by atoms with E-state index in [0.717, 1.165) is 11.1 Å². The van der Waals surface area contributed by atoms with E-state index >= 15 is 0 Å². The Balaban J connectivity index is 1.40. The molecule has 10 heteroatoms. The van der Waals surface area contributed by atoms with Crippen LogP contribution in [-0.4, -0.2) is 41.5 Å². The predicted octanol–water partition coefficient (Wildman–Crippen LogP) is 7.68. The van der Waals surface area contributed by atoms with Gasteiger partial charge in [0.2, 0.25) is 0 Å². The lowest BCUT2D eigenvalue weighted by Gasteiger charge is -2.32. The summed E-state index contributed by atoms with van der Waals surface area (Å²) in [6.07, 6.45) is 0.903. The first-order chi connectivity index (χ1) is 19.4. The largest absolute Gasteiger partial charge is 0.444 e. The molecule has 1 saturated heterocycles. The second kappa shape index (κ2) is 13.1. The van der Waals surface area contributed by atoms with E-state index in [2.05, 4.69) is 10.6 Å². The van der Waals surface area contributed by atoms with E-state index in [-0.39, 0.29) is 5.92 Å². The van der Waals surface area contributed by atoms with Crippen LogP contribution in [0.1, 0.15) is 50.7 Å². The molecule has 0 spiro atoms. The number of amides is 3. The van der Waals surface area contributed by atoms with Gasteiger partial charge in [0.05, 0.1) is 10.0 Å². The number of rotatable bonds is 5. The van der Waals surface area contributed by atoms with Gasteiger partial charge in [-0.25, -0.2) is 4.79 Å². The van der Waals surface area contributed by atoms with Crippen LogP contribution in [0.4, 0.5) is 10.5 Å². The van der Waals surface area contributed by atoms with Crippen molar-refractivity contribution in [1.82, 2.24) is 10.2 Å². The monoisotopic (exact) mass is 615 g/mol. The Labute approximate surface area is 255 Å². The molecule has 1 fully saturated rings. The summed E-state index contributed by atoms with van der Waals surface area (Å²) >= 11 is 18.8. The van der Waals surface area contributed by atoms with Crippen LogP contribution in [0.15, 0.2) is 60.7 Å². The zero-order valence-electron chi connectivity index (χ0n) is 23.1. The van der Waals surface area contributed by atoms with Crippen molar-refractivity contribution in [2.24, 2.45) is 0 Å². The Bertz CT molecular complexity index is 1450. The molecule has 0 saturated carbocycles. The molecule has 4 rings (SSSR count). The molecule has 7 nitrogen and oxygen atoms in total. The minimum Gasteiger partial charge on any atom is -0.444 e. The van der Waals surface area contributed by atoms with E-state index < -0.39 is 23.5 Å². The number of benzene rings is 3. The summed E-state index contributed by atoms with van der Waals surface area (Å²) in [6, 6.07) is 18.0. The zero-order valence-corrected chi connectivity index (χ0v) is 25.4. The van der Waals surface area contributed by atoms with Gasteiger partial charge in [0, 0.05) is 41.5 Å². The number of carbonyl (C=O) groups is 3. The smallest absolute Gasteiger partial charge is 0.407 e. The summed E-state index contributed by atoms with van der Waals surface area (Å²) in [4.78, 5) is 39.9. The first kappa shape index (κ1) is 30.7. The highest BCUT2D eigenvalue weighted by Crippen LogP contribution is 2.38. The molecule has 3 aromatic rings. The fraction of sp³-hybridized carbons (Fsp3) is 0.323. The Morgan fingerprint density at radius 1 is 0.927 bits per heavy atom. The molecule has 41 heavy (non-hydrogen) atoms. The van der Waals surface area contributed by atoms with Crippen molar-refractivity contribution < 1.29 is 19.1 Å². The van der Waals surface area contributed by atoms with E-state index in [1.807, 2.05) is 45.0 Å². The maximum Gasteiger partial charge on any atom is 0.407 e. The number of ether oxygens (including phenoxy) is 1. The molecule has 0 bridgehead atoms. The highest BCUT2D eigenvalue weighted by Gasteiger charge is 2.29. The number of nitrogens with one attached hydrogen (secondary N) is 2. The zero-order chi connectivity index (χ0) is 29.7. The highest BCUT2D eigenvalue weighted by atomic mass is 35.5. The lowest BCUT2D eigenvalue weighted by molar-refractivity contribution is -0.143. The summed E-state index contributed by atoms with van der Waals surface area (Å²) in [6.45, 7) is 6.65. The highest BCUT2D eigenvalue weighted by molar-refractivity contribution is 6.44. The molecular formula is C31H32Cl3N3O4. The fourth-order valence-electron chi connectivity index (χ4n) is 4.85. The lowest BCUT2D eigenvalue weighted by Crippen LogP contribution is -2.44. The summed E-state index contributed by atoms with van der Waals surface area (Å²) < 4.78 is 5.35. The van der Waals surface area contributed by atoms with Gasteiger partial charge in [0.1, 0.15) is 5.60 Å². The fourth-order valence-corrected chi connectivity index (χ4v) is 5.42. The maximum atomic E-state index is 13.1. The Morgan fingerprint density at radius 3 is 2.34 bits per heavy atom. The second-order valence-electron chi connectivity index (χ2n) is 10.9. The van der Waals surface area contributed by atoms with Crippen LogP contribution in [0.5, 0.6) is 0 Å². The van der Waals surface area contributed by atoms with Gasteiger partial charge in [0.15, 0.2) is 0 Å². The predicted molar refractivity (Wildman–Crippen MR) is 164 cm³/mol. The Kier molecular flexibility index (Phi) is 9.84. The normalized spacial score (nSPS) is 14.0. The first-order valence-electron chi connectivity index (χ1n) is 13.3. The quantitative estimate of drug-likeness (QED) is 0.288. The maximum absolute atomic E-state index is 13.1. The van der Waals surface area contributed by atoms with E-state index in [9.17, 15) is 14.4 Å². The third-order valence-corrected chi connectivity index (χ3v) is 7.82. The minimum absolute atomic E-state index is 0.187. The molecular weight excluding hydrogens is 585 g/mol. The van der Waals surface area contributed by atoms with Gasteiger partial charge >= 0.3 is 17.9 Å². The van der Waals surface area contributed by atoms with Crippen LogP contribution < -0.4 is 10.6 Å². The van der Waals surface area contributed by atoms with Crippen molar-refractivity contribution in [3.8, 4) is 11.1 Å². The average Bonchev–Trinajstić information content (AvgIpc) is 2.93. The van der Waals surface area contributed by atoms with Crippen LogP contribution in [0.3, 0.4) is 0 Å². The third kappa shape index (κ3) is 7.94. The minimum atomic E-state index is -0.743. The van der Waals surface area contributed by atoms with Gasteiger partial charge in [0.25, 0.3) is 0 Å². The topological polar surface area (TPSA) is 87.7 Å². The number of piperidine rings is 1. The molecule has 0 unspecified atom stereocenters. The first-order valence-corrected chi connectivity index (χ1v) is 14.4. The third-order valence-electron chi connectivity index (χ3n) is 6.76. The molecule has 0 radical (unpaired) electrons. The van der Waals surface area contributed by atoms with E-state index in [1.165, 1.54) is 0 Å².